The third kappa shape index (κ3) is 4.82. The topological polar surface area (TPSA) is 70.0 Å². The summed E-state index contributed by atoms with van der Waals surface area (Å²) in [5, 5.41) is 3.38. The maximum absolute atomic E-state index is 13.4. The molecule has 0 bridgehead atoms. The average Bonchev–Trinajstić information content (AvgIpc) is 3.46. The van der Waals surface area contributed by atoms with Gasteiger partial charge in [0, 0.05) is 25.3 Å². The molecule has 0 aliphatic carbocycles. The Kier molecular flexibility index (Phi) is 7.13. The predicted octanol–water partition coefficient (Wildman–Crippen LogP) is 3.20. The Hall–Kier alpha value is -2.41. The Bertz CT molecular complexity index is 933. The minimum Gasteiger partial charge on any atom is -0.350 e. The van der Waals surface area contributed by atoms with Crippen molar-refractivity contribution < 1.29 is 9.59 Å². The summed E-state index contributed by atoms with van der Waals surface area (Å²) in [5.41, 5.74) is 1.49. The molecular weight excluding hydrogens is 402 g/mol. The average molecular weight is 440 g/mol. The fourth-order valence-electron chi connectivity index (χ4n) is 5.48. The van der Waals surface area contributed by atoms with Crippen molar-refractivity contribution in [2.75, 3.05) is 26.2 Å². The lowest BCUT2D eigenvalue weighted by molar-refractivity contribution is -0.127. The molecule has 2 amide bonds. The second-order valence-corrected chi connectivity index (χ2v) is 9.82. The number of pyridine rings is 1. The Balaban J connectivity index is 1.50. The Labute approximate surface area is 191 Å². The van der Waals surface area contributed by atoms with Crippen LogP contribution in [0, 0.1) is 11.8 Å². The molecule has 4 heterocycles. The lowest BCUT2D eigenvalue weighted by Crippen LogP contribution is -2.57. The van der Waals surface area contributed by atoms with Crippen molar-refractivity contribution in [2.45, 2.75) is 65.0 Å². The first kappa shape index (κ1) is 22.8. The second-order valence-electron chi connectivity index (χ2n) is 9.82. The smallest absolute Gasteiger partial charge is 0.256 e. The van der Waals surface area contributed by atoms with Gasteiger partial charge in [-0.1, -0.05) is 20.8 Å². The molecule has 7 nitrogen and oxygen atoms in total. The maximum atomic E-state index is 13.4. The highest BCUT2D eigenvalue weighted by atomic mass is 16.2. The summed E-state index contributed by atoms with van der Waals surface area (Å²) < 4.78 is 1.87. The molecule has 0 unspecified atom stereocenters. The first-order valence-corrected chi connectivity index (χ1v) is 12.2. The molecule has 0 radical (unpaired) electrons. The predicted molar refractivity (Wildman–Crippen MR) is 125 cm³/mol. The molecule has 2 aromatic rings. The van der Waals surface area contributed by atoms with Gasteiger partial charge in [0.15, 0.2) is 0 Å². The minimum absolute atomic E-state index is 0.0103. The Morgan fingerprint density at radius 3 is 2.72 bits per heavy atom. The van der Waals surface area contributed by atoms with Gasteiger partial charge in [-0.05, 0) is 69.2 Å². The van der Waals surface area contributed by atoms with E-state index in [4.69, 9.17) is 0 Å². The number of nitrogens with zero attached hydrogens (tertiary/aromatic N) is 4. The summed E-state index contributed by atoms with van der Waals surface area (Å²) >= 11 is 0. The first-order valence-electron chi connectivity index (χ1n) is 12.2. The zero-order chi connectivity index (χ0) is 22.7. The number of hydrogen-bond acceptors (Lipinski definition) is 4. The quantitative estimate of drug-likeness (QED) is 0.719. The van der Waals surface area contributed by atoms with E-state index < -0.39 is 0 Å². The molecule has 0 saturated carbocycles. The molecule has 32 heavy (non-hydrogen) atoms. The number of amides is 2. The highest BCUT2D eigenvalue weighted by Crippen LogP contribution is 2.27. The summed E-state index contributed by atoms with van der Waals surface area (Å²) in [6, 6.07) is 3.68. The fourth-order valence-corrected chi connectivity index (χ4v) is 5.48. The number of nitrogens with one attached hydrogen (secondary N) is 1. The molecule has 4 rings (SSSR count). The van der Waals surface area contributed by atoms with Gasteiger partial charge in [-0.3, -0.25) is 14.5 Å². The van der Waals surface area contributed by atoms with E-state index in [1.165, 1.54) is 12.8 Å². The number of carbonyl (C=O) groups excluding carboxylic acids is 2. The van der Waals surface area contributed by atoms with Gasteiger partial charge in [0.2, 0.25) is 5.91 Å². The number of aromatic nitrogens is 2. The van der Waals surface area contributed by atoms with Gasteiger partial charge in [0.1, 0.15) is 0 Å². The van der Waals surface area contributed by atoms with Gasteiger partial charge in [-0.25, -0.2) is 4.98 Å². The SMILES string of the molecule is CC[C@H](C(=O)N[C@@H]1CN(C(=O)c2cccn3cncc23)CC[C@H]1CC(C)C)N1CCCC1. The number of carbonyl (C=O) groups is 2. The van der Waals surface area contributed by atoms with Gasteiger partial charge in [-0.2, -0.15) is 0 Å². The summed E-state index contributed by atoms with van der Waals surface area (Å²) in [4.78, 5) is 35.1. The molecule has 0 aromatic carbocycles. The van der Waals surface area contributed by atoms with Gasteiger partial charge >= 0.3 is 0 Å². The third-order valence-electron chi connectivity index (χ3n) is 7.10. The van der Waals surface area contributed by atoms with E-state index in [9.17, 15) is 9.59 Å². The van der Waals surface area contributed by atoms with Crippen LogP contribution in [0.15, 0.2) is 30.9 Å². The Morgan fingerprint density at radius 1 is 1.22 bits per heavy atom. The van der Waals surface area contributed by atoms with Crippen molar-refractivity contribution in [2.24, 2.45) is 11.8 Å². The molecule has 2 aromatic heterocycles. The van der Waals surface area contributed by atoms with Crippen LogP contribution >= 0.6 is 0 Å². The molecule has 2 aliphatic heterocycles. The summed E-state index contributed by atoms with van der Waals surface area (Å²) in [7, 11) is 0. The third-order valence-corrected chi connectivity index (χ3v) is 7.10. The van der Waals surface area contributed by atoms with Gasteiger partial charge in [0.05, 0.1) is 29.6 Å². The van der Waals surface area contributed by atoms with E-state index in [-0.39, 0.29) is 23.9 Å². The molecule has 0 spiro atoms. The maximum Gasteiger partial charge on any atom is 0.256 e. The van der Waals surface area contributed by atoms with Crippen molar-refractivity contribution in [1.29, 1.82) is 0 Å². The largest absolute Gasteiger partial charge is 0.350 e. The molecule has 2 fully saturated rings. The van der Waals surface area contributed by atoms with Crippen LogP contribution in [0.3, 0.4) is 0 Å². The van der Waals surface area contributed by atoms with Crippen LogP contribution in [0.2, 0.25) is 0 Å². The molecule has 3 atom stereocenters. The van der Waals surface area contributed by atoms with Crippen LogP contribution in [0.1, 0.15) is 63.2 Å². The number of fused-ring (bicyclic) bond motifs is 1. The summed E-state index contributed by atoms with van der Waals surface area (Å²) in [6.07, 6.45) is 10.5. The van der Waals surface area contributed by atoms with Crippen molar-refractivity contribution in [3.05, 3.63) is 36.4 Å². The zero-order valence-corrected chi connectivity index (χ0v) is 19.7. The van der Waals surface area contributed by atoms with E-state index in [1.807, 2.05) is 27.6 Å². The highest BCUT2D eigenvalue weighted by molar-refractivity contribution is 6.00. The van der Waals surface area contributed by atoms with E-state index in [1.54, 1.807) is 12.5 Å². The van der Waals surface area contributed by atoms with Crippen LogP contribution < -0.4 is 5.32 Å². The van der Waals surface area contributed by atoms with E-state index in [2.05, 4.69) is 36.0 Å². The van der Waals surface area contributed by atoms with E-state index >= 15 is 0 Å². The van der Waals surface area contributed by atoms with E-state index in [0.717, 1.165) is 44.4 Å². The van der Waals surface area contributed by atoms with Crippen molar-refractivity contribution in [3.63, 3.8) is 0 Å². The monoisotopic (exact) mass is 439 g/mol. The number of hydrogen-bond donors (Lipinski definition) is 1. The fraction of sp³-hybridized carbons (Fsp3) is 0.640. The molecule has 174 valence electrons. The molecular formula is C25H37N5O2. The van der Waals surface area contributed by atoms with Crippen molar-refractivity contribution >= 4 is 17.3 Å². The lowest BCUT2D eigenvalue weighted by Gasteiger charge is -2.40. The Morgan fingerprint density at radius 2 is 2.00 bits per heavy atom. The van der Waals surface area contributed by atoms with Crippen LogP contribution in [0.25, 0.3) is 5.52 Å². The number of likely N-dealkylation sites (tertiary alicyclic amines) is 2. The number of imidazole rings is 1. The number of rotatable bonds is 7. The standard InChI is InChI=1S/C25H37N5O2/c1-4-22(28-10-5-6-11-28)24(31)27-21-16-29(13-9-19(21)14-18(2)3)25(32)20-8-7-12-30-17-26-15-23(20)30/h7-8,12,15,17-19,21-22H,4-6,9-11,13-14,16H2,1-3H3,(H,27,31)/t19-,21+,22+/m0/s1. The van der Waals surface area contributed by atoms with Gasteiger partial charge < -0.3 is 14.6 Å². The normalized spacial score (nSPS) is 23.1. The van der Waals surface area contributed by atoms with Crippen LogP contribution in [-0.2, 0) is 4.79 Å². The lowest BCUT2D eigenvalue weighted by atomic mass is 9.84. The van der Waals surface area contributed by atoms with Gasteiger partial charge in [-0.15, -0.1) is 0 Å². The van der Waals surface area contributed by atoms with Crippen LogP contribution in [-0.4, -0.2) is 69.3 Å². The molecule has 7 heteroatoms. The zero-order valence-electron chi connectivity index (χ0n) is 19.7. The highest BCUT2D eigenvalue weighted by Gasteiger charge is 2.36. The van der Waals surface area contributed by atoms with E-state index in [0.29, 0.717) is 23.9 Å². The minimum atomic E-state index is -0.0659. The van der Waals surface area contributed by atoms with Crippen molar-refractivity contribution in [1.82, 2.24) is 24.5 Å². The molecule has 1 N–H and O–H groups in total. The van der Waals surface area contributed by atoms with Crippen molar-refractivity contribution in [3.8, 4) is 0 Å². The summed E-state index contributed by atoms with van der Waals surface area (Å²) in [6.45, 7) is 9.86. The van der Waals surface area contributed by atoms with Crippen LogP contribution in [0.4, 0.5) is 0 Å². The number of piperidine rings is 1. The van der Waals surface area contributed by atoms with Crippen LogP contribution in [0.5, 0.6) is 0 Å². The first-order chi connectivity index (χ1) is 15.5. The summed E-state index contributed by atoms with van der Waals surface area (Å²) in [5.74, 6) is 1.10. The second kappa shape index (κ2) is 10.0. The molecule has 2 aliphatic rings. The van der Waals surface area contributed by atoms with Gasteiger partial charge in [0.25, 0.3) is 5.91 Å². The molecule has 2 saturated heterocycles.